The molecule has 0 aliphatic heterocycles. The molecular formula is C18H29NO. The molecule has 20 heavy (non-hydrogen) atoms. The molecule has 2 heteroatoms. The third-order valence-electron chi connectivity index (χ3n) is 3.85. The lowest BCUT2D eigenvalue weighted by atomic mass is 10.1. The van der Waals surface area contributed by atoms with Crippen molar-refractivity contribution in [3.8, 4) is 5.75 Å². The van der Waals surface area contributed by atoms with Gasteiger partial charge in [0.2, 0.25) is 0 Å². The van der Waals surface area contributed by atoms with Crippen LogP contribution in [0.15, 0.2) is 18.2 Å². The van der Waals surface area contributed by atoms with Gasteiger partial charge >= 0.3 is 0 Å². The second-order valence-electron chi connectivity index (χ2n) is 7.03. The smallest absolute Gasteiger partial charge is 0.119 e. The van der Waals surface area contributed by atoms with Gasteiger partial charge in [-0.05, 0) is 89.6 Å². The molecule has 2 nitrogen and oxygen atoms in total. The quantitative estimate of drug-likeness (QED) is 0.789. The van der Waals surface area contributed by atoms with Gasteiger partial charge in [-0.2, -0.15) is 0 Å². The van der Waals surface area contributed by atoms with Crippen LogP contribution in [0.4, 0.5) is 0 Å². The highest BCUT2D eigenvalue weighted by Crippen LogP contribution is 2.26. The molecular weight excluding hydrogens is 246 g/mol. The summed E-state index contributed by atoms with van der Waals surface area (Å²) in [5.41, 5.74) is 3.22. The molecule has 1 aliphatic rings. The van der Waals surface area contributed by atoms with Gasteiger partial charge in [0.1, 0.15) is 5.75 Å². The molecule has 0 spiro atoms. The maximum atomic E-state index is 6.04. The van der Waals surface area contributed by atoms with Gasteiger partial charge in [0.05, 0.1) is 6.10 Å². The van der Waals surface area contributed by atoms with Crippen LogP contribution in [-0.4, -0.2) is 18.2 Å². The number of fused-ring (bicyclic) bond motifs is 1. The molecule has 0 bridgehead atoms. The first-order valence-electron chi connectivity index (χ1n) is 7.97. The molecule has 0 heterocycles. The first kappa shape index (κ1) is 15.4. The predicted molar refractivity (Wildman–Crippen MR) is 85.5 cm³/mol. The largest absolute Gasteiger partial charge is 0.491 e. The minimum Gasteiger partial charge on any atom is -0.491 e. The summed E-state index contributed by atoms with van der Waals surface area (Å²) < 4.78 is 6.04. The summed E-state index contributed by atoms with van der Waals surface area (Å²) in [5, 5.41) is 3.52. The van der Waals surface area contributed by atoms with Gasteiger partial charge in [-0.15, -0.1) is 0 Å². The first-order valence-corrected chi connectivity index (χ1v) is 7.97. The van der Waals surface area contributed by atoms with Gasteiger partial charge in [-0.3, -0.25) is 0 Å². The Kier molecular flexibility index (Phi) is 5.09. The SMILES string of the molecule is CC(CCCNC(C)(C)C)Oc1ccc2c(c1)CCC2. The van der Waals surface area contributed by atoms with Crippen molar-refractivity contribution in [1.29, 1.82) is 0 Å². The van der Waals surface area contributed by atoms with Crippen LogP contribution < -0.4 is 10.1 Å². The Morgan fingerprint density at radius 1 is 1.20 bits per heavy atom. The Morgan fingerprint density at radius 3 is 2.70 bits per heavy atom. The monoisotopic (exact) mass is 275 g/mol. The maximum absolute atomic E-state index is 6.04. The van der Waals surface area contributed by atoms with Crippen molar-refractivity contribution in [1.82, 2.24) is 5.32 Å². The van der Waals surface area contributed by atoms with E-state index in [0.29, 0.717) is 0 Å². The number of hydrogen-bond donors (Lipinski definition) is 1. The molecule has 2 rings (SSSR count). The van der Waals surface area contributed by atoms with E-state index in [1.807, 2.05) is 0 Å². The highest BCUT2D eigenvalue weighted by atomic mass is 16.5. The van der Waals surface area contributed by atoms with Crippen LogP contribution in [-0.2, 0) is 12.8 Å². The third kappa shape index (κ3) is 4.82. The van der Waals surface area contributed by atoms with Crippen molar-refractivity contribution in [2.45, 2.75) is 71.4 Å². The topological polar surface area (TPSA) is 21.3 Å². The summed E-state index contributed by atoms with van der Waals surface area (Å²) in [6.45, 7) is 9.85. The molecule has 1 aliphatic carbocycles. The minimum absolute atomic E-state index is 0.212. The van der Waals surface area contributed by atoms with Gasteiger partial charge in [0, 0.05) is 5.54 Å². The summed E-state index contributed by atoms with van der Waals surface area (Å²) in [6, 6.07) is 6.62. The Morgan fingerprint density at radius 2 is 1.95 bits per heavy atom. The van der Waals surface area contributed by atoms with Crippen LogP contribution in [0.2, 0.25) is 0 Å². The number of hydrogen-bond acceptors (Lipinski definition) is 2. The number of aryl methyl sites for hydroxylation is 2. The van der Waals surface area contributed by atoms with Crippen LogP contribution >= 0.6 is 0 Å². The zero-order chi connectivity index (χ0) is 14.6. The zero-order valence-electron chi connectivity index (χ0n) is 13.5. The number of benzene rings is 1. The van der Waals surface area contributed by atoms with Crippen molar-refractivity contribution in [2.24, 2.45) is 0 Å². The average molecular weight is 275 g/mol. The second-order valence-corrected chi connectivity index (χ2v) is 7.03. The van der Waals surface area contributed by atoms with Crippen molar-refractivity contribution >= 4 is 0 Å². The van der Waals surface area contributed by atoms with E-state index in [4.69, 9.17) is 4.74 Å². The van der Waals surface area contributed by atoms with E-state index in [0.717, 1.165) is 25.1 Å². The normalized spacial score (nSPS) is 16.0. The van der Waals surface area contributed by atoms with E-state index in [9.17, 15) is 0 Å². The zero-order valence-corrected chi connectivity index (χ0v) is 13.5. The van der Waals surface area contributed by atoms with Crippen LogP contribution in [0, 0.1) is 0 Å². The molecule has 0 fully saturated rings. The van der Waals surface area contributed by atoms with Gasteiger partial charge in [0.25, 0.3) is 0 Å². The van der Waals surface area contributed by atoms with E-state index < -0.39 is 0 Å². The summed E-state index contributed by atoms with van der Waals surface area (Å²) in [6.07, 6.45) is 6.30. The molecule has 1 N–H and O–H groups in total. The summed E-state index contributed by atoms with van der Waals surface area (Å²) >= 11 is 0. The lowest BCUT2D eigenvalue weighted by Crippen LogP contribution is -2.36. The molecule has 0 saturated heterocycles. The Bertz CT molecular complexity index is 434. The highest BCUT2D eigenvalue weighted by molar-refractivity contribution is 5.38. The molecule has 0 amide bonds. The van der Waals surface area contributed by atoms with Gasteiger partial charge < -0.3 is 10.1 Å². The van der Waals surface area contributed by atoms with Gasteiger partial charge in [-0.1, -0.05) is 6.07 Å². The third-order valence-corrected chi connectivity index (χ3v) is 3.85. The summed E-state index contributed by atoms with van der Waals surface area (Å²) in [5.74, 6) is 1.04. The molecule has 0 aromatic heterocycles. The van der Waals surface area contributed by atoms with Crippen molar-refractivity contribution < 1.29 is 4.74 Å². The number of ether oxygens (including phenoxy) is 1. The predicted octanol–water partition coefficient (Wildman–Crippen LogP) is 4.11. The van der Waals surface area contributed by atoms with E-state index in [1.54, 1.807) is 0 Å². The van der Waals surface area contributed by atoms with E-state index in [2.05, 4.69) is 51.2 Å². The van der Waals surface area contributed by atoms with Gasteiger partial charge in [0.15, 0.2) is 0 Å². The van der Waals surface area contributed by atoms with E-state index in [-0.39, 0.29) is 11.6 Å². The number of rotatable bonds is 6. The highest BCUT2D eigenvalue weighted by Gasteiger charge is 2.13. The average Bonchev–Trinajstić information content (AvgIpc) is 2.81. The molecule has 0 radical (unpaired) electrons. The van der Waals surface area contributed by atoms with Crippen molar-refractivity contribution in [3.05, 3.63) is 29.3 Å². The molecule has 1 unspecified atom stereocenters. The maximum Gasteiger partial charge on any atom is 0.119 e. The minimum atomic E-state index is 0.212. The Balaban J connectivity index is 1.73. The molecule has 0 saturated carbocycles. The first-order chi connectivity index (χ1) is 9.44. The van der Waals surface area contributed by atoms with Crippen LogP contribution in [0.5, 0.6) is 5.75 Å². The van der Waals surface area contributed by atoms with Crippen LogP contribution in [0.25, 0.3) is 0 Å². The molecule has 1 atom stereocenters. The van der Waals surface area contributed by atoms with Crippen LogP contribution in [0.3, 0.4) is 0 Å². The van der Waals surface area contributed by atoms with E-state index >= 15 is 0 Å². The van der Waals surface area contributed by atoms with Crippen molar-refractivity contribution in [2.75, 3.05) is 6.54 Å². The fraction of sp³-hybridized carbons (Fsp3) is 0.667. The van der Waals surface area contributed by atoms with Gasteiger partial charge in [-0.25, -0.2) is 0 Å². The second kappa shape index (κ2) is 6.62. The standard InChI is InChI=1S/C18H29NO/c1-14(7-6-12-19-18(2,3)4)20-17-11-10-15-8-5-9-16(15)13-17/h10-11,13-14,19H,5-9,12H2,1-4H3. The molecule has 112 valence electrons. The fourth-order valence-electron chi connectivity index (χ4n) is 2.77. The van der Waals surface area contributed by atoms with Crippen molar-refractivity contribution in [3.63, 3.8) is 0 Å². The molecule has 1 aromatic rings. The Hall–Kier alpha value is -1.02. The summed E-state index contributed by atoms with van der Waals surface area (Å²) in [4.78, 5) is 0. The van der Waals surface area contributed by atoms with E-state index in [1.165, 1.54) is 30.4 Å². The number of nitrogens with one attached hydrogen (secondary N) is 1. The van der Waals surface area contributed by atoms with Crippen LogP contribution in [0.1, 0.15) is 58.1 Å². The lowest BCUT2D eigenvalue weighted by molar-refractivity contribution is 0.205. The fourth-order valence-corrected chi connectivity index (χ4v) is 2.77. The Labute approximate surface area is 123 Å². The molecule has 1 aromatic carbocycles. The summed E-state index contributed by atoms with van der Waals surface area (Å²) in [7, 11) is 0. The lowest BCUT2D eigenvalue weighted by Gasteiger charge is -2.21.